The molecule has 2 N–H and O–H groups in total. The standard InChI is InChI=1S/C11H15N3O2S2/c1-3-14-10(16)9-7(4-6(2)18-9)13-11(14)17-5-8(12)15/h6H,3-5H2,1-2H3,(H2,12,15). The molecule has 2 rings (SSSR count). The van der Waals surface area contributed by atoms with Crippen molar-refractivity contribution >= 4 is 29.4 Å². The molecule has 1 aromatic rings. The molecule has 0 spiro atoms. The van der Waals surface area contributed by atoms with Crippen LogP contribution in [0.4, 0.5) is 0 Å². The van der Waals surface area contributed by atoms with E-state index < -0.39 is 5.91 Å². The van der Waals surface area contributed by atoms with Gasteiger partial charge < -0.3 is 5.73 Å². The molecule has 0 bridgehead atoms. The van der Waals surface area contributed by atoms with Gasteiger partial charge in [0.1, 0.15) is 0 Å². The van der Waals surface area contributed by atoms with Crippen molar-refractivity contribution in [1.82, 2.24) is 9.55 Å². The summed E-state index contributed by atoms with van der Waals surface area (Å²) in [7, 11) is 0. The Hall–Kier alpha value is -0.950. The first-order chi connectivity index (χ1) is 8.52. The van der Waals surface area contributed by atoms with E-state index in [4.69, 9.17) is 5.73 Å². The number of hydrogen-bond acceptors (Lipinski definition) is 5. The van der Waals surface area contributed by atoms with Crippen molar-refractivity contribution < 1.29 is 4.79 Å². The lowest BCUT2D eigenvalue weighted by Crippen LogP contribution is -2.25. The van der Waals surface area contributed by atoms with Crippen molar-refractivity contribution in [2.45, 2.75) is 42.1 Å². The minimum absolute atomic E-state index is 0.00354. The number of amides is 1. The third kappa shape index (κ3) is 2.56. The molecule has 0 radical (unpaired) electrons. The maximum Gasteiger partial charge on any atom is 0.268 e. The number of nitrogens with two attached hydrogens (primary N) is 1. The van der Waals surface area contributed by atoms with Gasteiger partial charge in [-0.1, -0.05) is 18.7 Å². The molecule has 1 atom stereocenters. The van der Waals surface area contributed by atoms with E-state index in [1.54, 1.807) is 16.3 Å². The van der Waals surface area contributed by atoms with Gasteiger partial charge in [0.25, 0.3) is 5.56 Å². The summed E-state index contributed by atoms with van der Waals surface area (Å²) in [4.78, 5) is 28.4. The fourth-order valence-electron chi connectivity index (χ4n) is 1.86. The second-order valence-electron chi connectivity index (χ2n) is 4.11. The highest BCUT2D eigenvalue weighted by Crippen LogP contribution is 2.34. The minimum atomic E-state index is -0.403. The summed E-state index contributed by atoms with van der Waals surface area (Å²) in [6.45, 7) is 4.53. The van der Waals surface area contributed by atoms with Crippen LogP contribution in [0.3, 0.4) is 0 Å². The predicted octanol–water partition coefficient (Wildman–Crippen LogP) is 0.877. The average Bonchev–Trinajstić information content (AvgIpc) is 2.67. The molecular formula is C11H15N3O2S2. The zero-order valence-corrected chi connectivity index (χ0v) is 11.9. The van der Waals surface area contributed by atoms with Crippen LogP contribution in [0.25, 0.3) is 0 Å². The molecular weight excluding hydrogens is 270 g/mol. The van der Waals surface area contributed by atoms with E-state index in [1.807, 2.05) is 6.92 Å². The molecule has 98 valence electrons. The van der Waals surface area contributed by atoms with Gasteiger partial charge in [-0.25, -0.2) is 4.98 Å². The van der Waals surface area contributed by atoms with Crippen molar-refractivity contribution in [2.24, 2.45) is 5.73 Å². The zero-order chi connectivity index (χ0) is 13.3. The largest absolute Gasteiger partial charge is 0.369 e. The number of rotatable bonds is 4. The minimum Gasteiger partial charge on any atom is -0.369 e. The number of carbonyl (C=O) groups is 1. The Morgan fingerprint density at radius 1 is 1.67 bits per heavy atom. The Bertz CT molecular complexity index is 542. The second-order valence-corrected chi connectivity index (χ2v) is 6.50. The van der Waals surface area contributed by atoms with Crippen LogP contribution in [-0.4, -0.2) is 26.5 Å². The van der Waals surface area contributed by atoms with Crippen molar-refractivity contribution in [3.05, 3.63) is 16.0 Å². The molecule has 0 saturated carbocycles. The highest BCUT2D eigenvalue weighted by atomic mass is 32.2. The fraction of sp³-hybridized carbons (Fsp3) is 0.545. The van der Waals surface area contributed by atoms with Gasteiger partial charge in [0.15, 0.2) is 5.16 Å². The van der Waals surface area contributed by atoms with Crippen LogP contribution in [0.15, 0.2) is 14.8 Å². The molecule has 0 aliphatic carbocycles. The normalized spacial score (nSPS) is 17.8. The van der Waals surface area contributed by atoms with Gasteiger partial charge in [-0.05, 0) is 6.92 Å². The van der Waals surface area contributed by atoms with Crippen molar-refractivity contribution in [1.29, 1.82) is 0 Å². The number of hydrogen-bond donors (Lipinski definition) is 1. The summed E-state index contributed by atoms with van der Waals surface area (Å²) in [5.41, 5.74) is 5.98. The first-order valence-corrected chi connectivity index (χ1v) is 7.61. The average molecular weight is 285 g/mol. The van der Waals surface area contributed by atoms with Crippen molar-refractivity contribution in [2.75, 3.05) is 5.75 Å². The van der Waals surface area contributed by atoms with Crippen LogP contribution in [-0.2, 0) is 17.8 Å². The Kier molecular flexibility index (Phi) is 4.01. The lowest BCUT2D eigenvalue weighted by Gasteiger charge is -2.10. The van der Waals surface area contributed by atoms with Gasteiger partial charge in [-0.15, -0.1) is 11.8 Å². The van der Waals surface area contributed by atoms with E-state index in [1.165, 1.54) is 11.8 Å². The van der Waals surface area contributed by atoms with Gasteiger partial charge in [0.2, 0.25) is 5.91 Å². The zero-order valence-electron chi connectivity index (χ0n) is 10.3. The quantitative estimate of drug-likeness (QED) is 0.656. The number of fused-ring (bicyclic) bond motifs is 1. The Labute approximate surface area is 114 Å². The van der Waals surface area contributed by atoms with Crippen LogP contribution in [0.2, 0.25) is 0 Å². The molecule has 1 aromatic heterocycles. The summed E-state index contributed by atoms with van der Waals surface area (Å²) in [5.74, 6) is -0.256. The number of nitrogens with zero attached hydrogens (tertiary/aromatic N) is 2. The third-order valence-electron chi connectivity index (χ3n) is 2.62. The lowest BCUT2D eigenvalue weighted by atomic mass is 10.2. The number of primary amides is 1. The molecule has 0 saturated heterocycles. The van der Waals surface area contributed by atoms with Crippen LogP contribution in [0.5, 0.6) is 0 Å². The summed E-state index contributed by atoms with van der Waals surface area (Å²) < 4.78 is 1.61. The van der Waals surface area contributed by atoms with Crippen LogP contribution >= 0.6 is 23.5 Å². The second kappa shape index (κ2) is 5.36. The predicted molar refractivity (Wildman–Crippen MR) is 73.1 cm³/mol. The monoisotopic (exact) mass is 285 g/mol. The molecule has 2 heterocycles. The Morgan fingerprint density at radius 3 is 3.00 bits per heavy atom. The fourth-order valence-corrected chi connectivity index (χ4v) is 3.79. The summed E-state index contributed by atoms with van der Waals surface area (Å²) in [5, 5.41) is 0.983. The van der Waals surface area contributed by atoms with Crippen LogP contribution < -0.4 is 11.3 Å². The van der Waals surface area contributed by atoms with Gasteiger partial charge in [-0.2, -0.15) is 0 Å². The molecule has 1 amide bonds. The Morgan fingerprint density at radius 2 is 2.39 bits per heavy atom. The molecule has 1 unspecified atom stereocenters. The van der Waals surface area contributed by atoms with E-state index in [9.17, 15) is 9.59 Å². The van der Waals surface area contributed by atoms with Gasteiger partial charge in [-0.3, -0.25) is 14.2 Å². The van der Waals surface area contributed by atoms with Gasteiger partial charge in [0.05, 0.1) is 16.3 Å². The van der Waals surface area contributed by atoms with E-state index >= 15 is 0 Å². The number of thioether (sulfide) groups is 2. The van der Waals surface area contributed by atoms with Gasteiger partial charge >= 0.3 is 0 Å². The maximum atomic E-state index is 12.3. The molecule has 0 fully saturated rings. The van der Waals surface area contributed by atoms with E-state index in [-0.39, 0.29) is 11.3 Å². The molecule has 18 heavy (non-hydrogen) atoms. The van der Waals surface area contributed by atoms with Crippen LogP contribution in [0, 0.1) is 0 Å². The Balaban J connectivity index is 2.41. The maximum absolute atomic E-state index is 12.3. The molecule has 5 nitrogen and oxygen atoms in total. The van der Waals surface area contributed by atoms with Crippen LogP contribution in [0.1, 0.15) is 19.5 Å². The lowest BCUT2D eigenvalue weighted by molar-refractivity contribution is -0.115. The topological polar surface area (TPSA) is 78.0 Å². The third-order valence-corrected chi connectivity index (χ3v) is 4.84. The first-order valence-electron chi connectivity index (χ1n) is 5.74. The molecule has 1 aliphatic heterocycles. The van der Waals surface area contributed by atoms with Gasteiger partial charge in [0, 0.05) is 18.2 Å². The highest BCUT2D eigenvalue weighted by molar-refractivity contribution is 8.00. The molecule has 0 aromatic carbocycles. The first kappa shape index (κ1) is 13.5. The molecule has 7 heteroatoms. The number of aromatic nitrogens is 2. The SMILES string of the molecule is CCn1c(SCC(N)=O)nc2c(c1=O)SC(C)C2. The summed E-state index contributed by atoms with van der Waals surface area (Å²) in [6.07, 6.45) is 0.809. The van der Waals surface area contributed by atoms with Crippen molar-refractivity contribution in [3.8, 4) is 0 Å². The number of carbonyl (C=O) groups excluding carboxylic acids is 1. The van der Waals surface area contributed by atoms with E-state index in [2.05, 4.69) is 11.9 Å². The summed E-state index contributed by atoms with van der Waals surface area (Å²) in [6, 6.07) is 0. The molecule has 1 aliphatic rings. The smallest absolute Gasteiger partial charge is 0.268 e. The summed E-state index contributed by atoms with van der Waals surface area (Å²) >= 11 is 2.81. The van der Waals surface area contributed by atoms with E-state index in [0.717, 1.165) is 17.0 Å². The van der Waals surface area contributed by atoms with Crippen molar-refractivity contribution in [3.63, 3.8) is 0 Å². The van der Waals surface area contributed by atoms with E-state index in [0.29, 0.717) is 17.0 Å². The highest BCUT2D eigenvalue weighted by Gasteiger charge is 2.25.